The standard InChI is InChI=1S/C20H25N5O5/c21-17(22-18(26)14-8-9-23(10-14)20(28)29)16-7-6-15-11-24(16)19(27)25(15)30-12-13-4-2-1-3-5-13/h1-5,14-16H,6-12H2,(H,28,29)(H2,21,22,26)/t14-,15-,16+/m1/s1. The Bertz CT molecular complexity index is 860. The molecule has 2 bridgehead atoms. The van der Waals surface area contributed by atoms with Crippen molar-refractivity contribution in [3.05, 3.63) is 35.9 Å². The van der Waals surface area contributed by atoms with Crippen LogP contribution in [0.3, 0.4) is 0 Å². The lowest BCUT2D eigenvalue weighted by Gasteiger charge is -2.29. The molecule has 160 valence electrons. The summed E-state index contributed by atoms with van der Waals surface area (Å²) in [6, 6.07) is 8.82. The van der Waals surface area contributed by atoms with Crippen molar-refractivity contribution in [2.24, 2.45) is 16.6 Å². The van der Waals surface area contributed by atoms with Gasteiger partial charge in [0.05, 0.1) is 18.0 Å². The third-order valence-corrected chi connectivity index (χ3v) is 5.92. The van der Waals surface area contributed by atoms with Crippen LogP contribution in [0.15, 0.2) is 35.3 Å². The smallest absolute Gasteiger partial charge is 0.407 e. The first-order valence-corrected chi connectivity index (χ1v) is 10.1. The SMILES string of the molecule is NC(=NC(=O)[C@@H]1CCN(C(=O)O)C1)[C@@H]1CC[C@@H]2CN1C(=O)N2OCc1ccccc1. The van der Waals surface area contributed by atoms with Gasteiger partial charge in [0.1, 0.15) is 12.4 Å². The molecule has 10 heteroatoms. The lowest BCUT2D eigenvalue weighted by Crippen LogP contribution is -2.48. The van der Waals surface area contributed by atoms with Gasteiger partial charge >= 0.3 is 12.1 Å². The molecule has 0 spiro atoms. The number of aliphatic imine (C=N–C) groups is 1. The van der Waals surface area contributed by atoms with Gasteiger partial charge in [0.25, 0.3) is 5.91 Å². The van der Waals surface area contributed by atoms with Gasteiger partial charge in [-0.1, -0.05) is 30.3 Å². The largest absolute Gasteiger partial charge is 0.465 e. The van der Waals surface area contributed by atoms with Gasteiger partial charge in [0.2, 0.25) is 0 Å². The monoisotopic (exact) mass is 415 g/mol. The Kier molecular flexibility index (Phi) is 5.58. The highest BCUT2D eigenvalue weighted by Gasteiger charge is 2.47. The molecule has 3 N–H and O–H groups in total. The maximum Gasteiger partial charge on any atom is 0.407 e. The minimum absolute atomic E-state index is 0.0556. The fourth-order valence-electron chi connectivity index (χ4n) is 4.25. The number of amidine groups is 1. The molecular formula is C20H25N5O5. The maximum atomic E-state index is 12.8. The summed E-state index contributed by atoms with van der Waals surface area (Å²) < 4.78 is 0. The van der Waals surface area contributed by atoms with Crippen LogP contribution in [0.25, 0.3) is 0 Å². The highest BCUT2D eigenvalue weighted by molar-refractivity contribution is 5.99. The summed E-state index contributed by atoms with van der Waals surface area (Å²) in [5.41, 5.74) is 7.08. The van der Waals surface area contributed by atoms with Crippen molar-refractivity contribution < 1.29 is 24.3 Å². The normalized spacial score (nSPS) is 26.4. The lowest BCUT2D eigenvalue weighted by atomic mass is 10.00. The Hall–Kier alpha value is -3.14. The van der Waals surface area contributed by atoms with E-state index in [-0.39, 0.29) is 24.5 Å². The zero-order valence-electron chi connectivity index (χ0n) is 16.5. The Morgan fingerprint density at radius 3 is 2.63 bits per heavy atom. The van der Waals surface area contributed by atoms with Gasteiger partial charge in [-0.3, -0.25) is 9.63 Å². The molecule has 0 radical (unpaired) electrons. The summed E-state index contributed by atoms with van der Waals surface area (Å²) in [5.74, 6) is -0.816. The molecule has 0 saturated carbocycles. The summed E-state index contributed by atoms with van der Waals surface area (Å²) >= 11 is 0. The van der Waals surface area contributed by atoms with Gasteiger partial charge in [-0.25, -0.2) is 9.59 Å². The van der Waals surface area contributed by atoms with E-state index in [2.05, 4.69) is 4.99 Å². The van der Waals surface area contributed by atoms with Crippen LogP contribution in [0.1, 0.15) is 24.8 Å². The zero-order valence-corrected chi connectivity index (χ0v) is 16.5. The second-order valence-corrected chi connectivity index (χ2v) is 7.86. The predicted molar refractivity (Wildman–Crippen MR) is 106 cm³/mol. The molecule has 0 unspecified atom stereocenters. The Morgan fingerprint density at radius 1 is 1.17 bits per heavy atom. The molecule has 4 amide bonds. The third kappa shape index (κ3) is 3.95. The fraction of sp³-hybridized carbons (Fsp3) is 0.500. The van der Waals surface area contributed by atoms with Crippen LogP contribution in [0.5, 0.6) is 0 Å². The van der Waals surface area contributed by atoms with Crippen LogP contribution in [0.2, 0.25) is 0 Å². The summed E-state index contributed by atoms with van der Waals surface area (Å²) in [7, 11) is 0. The number of carboxylic acid groups (broad SMARTS) is 1. The highest BCUT2D eigenvalue weighted by Crippen LogP contribution is 2.31. The number of nitrogens with two attached hydrogens (primary N) is 1. The molecule has 3 aliphatic rings. The fourth-order valence-corrected chi connectivity index (χ4v) is 4.25. The average Bonchev–Trinajstić information content (AvgIpc) is 3.32. The number of fused-ring (bicyclic) bond motifs is 2. The van der Waals surface area contributed by atoms with Gasteiger partial charge in [-0.15, -0.1) is 0 Å². The molecule has 3 saturated heterocycles. The number of piperidine rings is 1. The van der Waals surface area contributed by atoms with Gasteiger partial charge in [-0.2, -0.15) is 10.1 Å². The Morgan fingerprint density at radius 2 is 1.93 bits per heavy atom. The number of carbonyl (C=O) groups excluding carboxylic acids is 2. The molecule has 10 nitrogen and oxygen atoms in total. The summed E-state index contributed by atoms with van der Waals surface area (Å²) in [4.78, 5) is 48.9. The van der Waals surface area contributed by atoms with Gasteiger partial charge in [-0.05, 0) is 24.8 Å². The Balaban J connectivity index is 1.38. The first kappa shape index (κ1) is 20.1. The maximum absolute atomic E-state index is 12.8. The van der Waals surface area contributed by atoms with Crippen molar-refractivity contribution in [2.75, 3.05) is 19.6 Å². The van der Waals surface area contributed by atoms with Crippen LogP contribution in [-0.4, -0.2) is 75.6 Å². The molecule has 0 aromatic heterocycles. The lowest BCUT2D eigenvalue weighted by molar-refractivity contribution is -0.140. The number of rotatable bonds is 5. The summed E-state index contributed by atoms with van der Waals surface area (Å²) in [5, 5.41) is 10.4. The number of hydrogen-bond acceptors (Lipinski definition) is 4. The zero-order chi connectivity index (χ0) is 21.3. The molecule has 0 aliphatic carbocycles. The number of urea groups is 1. The number of carbonyl (C=O) groups is 3. The van der Waals surface area contributed by atoms with Crippen LogP contribution in [-0.2, 0) is 16.2 Å². The van der Waals surface area contributed by atoms with Crippen molar-refractivity contribution in [2.45, 2.75) is 38.0 Å². The van der Waals surface area contributed by atoms with Crippen LogP contribution < -0.4 is 5.73 Å². The van der Waals surface area contributed by atoms with E-state index in [0.29, 0.717) is 39.0 Å². The second-order valence-electron chi connectivity index (χ2n) is 7.86. The van der Waals surface area contributed by atoms with Crippen molar-refractivity contribution in [1.29, 1.82) is 0 Å². The van der Waals surface area contributed by atoms with Crippen molar-refractivity contribution in [1.82, 2.24) is 14.9 Å². The number of hydrogen-bond donors (Lipinski definition) is 2. The van der Waals surface area contributed by atoms with E-state index in [0.717, 1.165) is 5.56 Å². The second kappa shape index (κ2) is 8.31. The first-order chi connectivity index (χ1) is 14.4. The summed E-state index contributed by atoms with van der Waals surface area (Å²) in [6.45, 7) is 1.20. The highest BCUT2D eigenvalue weighted by atomic mass is 16.7. The minimum atomic E-state index is -1.04. The topological polar surface area (TPSA) is 129 Å². The molecule has 1 aromatic rings. The van der Waals surface area contributed by atoms with E-state index < -0.39 is 24.0 Å². The van der Waals surface area contributed by atoms with E-state index in [1.165, 1.54) is 9.96 Å². The third-order valence-electron chi connectivity index (χ3n) is 5.92. The van der Waals surface area contributed by atoms with Gasteiger partial charge in [0, 0.05) is 19.6 Å². The van der Waals surface area contributed by atoms with E-state index in [4.69, 9.17) is 15.7 Å². The van der Waals surface area contributed by atoms with Gasteiger partial charge in [0.15, 0.2) is 0 Å². The molecule has 3 atom stereocenters. The molecule has 3 aliphatic heterocycles. The number of benzene rings is 1. The Labute approximate surface area is 173 Å². The number of amides is 4. The van der Waals surface area contributed by atoms with E-state index in [9.17, 15) is 14.4 Å². The molecule has 3 heterocycles. The molecule has 4 rings (SSSR count). The van der Waals surface area contributed by atoms with E-state index >= 15 is 0 Å². The van der Waals surface area contributed by atoms with E-state index in [1.54, 1.807) is 4.90 Å². The summed E-state index contributed by atoms with van der Waals surface area (Å²) in [6.07, 6.45) is 0.676. The van der Waals surface area contributed by atoms with Crippen molar-refractivity contribution >= 4 is 23.9 Å². The predicted octanol–water partition coefficient (Wildman–Crippen LogP) is 1.27. The van der Waals surface area contributed by atoms with Crippen LogP contribution in [0.4, 0.5) is 9.59 Å². The number of likely N-dealkylation sites (tertiary alicyclic amines) is 1. The molecule has 3 fully saturated rings. The minimum Gasteiger partial charge on any atom is -0.465 e. The average molecular weight is 415 g/mol. The quantitative estimate of drug-likeness (QED) is 0.550. The molecule has 1 aromatic carbocycles. The molecular weight excluding hydrogens is 390 g/mol. The van der Waals surface area contributed by atoms with Crippen LogP contribution >= 0.6 is 0 Å². The number of hydroxylamine groups is 2. The van der Waals surface area contributed by atoms with Gasteiger partial charge < -0.3 is 20.6 Å². The van der Waals surface area contributed by atoms with E-state index in [1.807, 2.05) is 30.3 Å². The first-order valence-electron chi connectivity index (χ1n) is 10.1. The van der Waals surface area contributed by atoms with Crippen LogP contribution in [0, 0.1) is 5.92 Å². The van der Waals surface area contributed by atoms with Crippen molar-refractivity contribution in [3.8, 4) is 0 Å². The number of nitrogens with zero attached hydrogens (tertiary/aromatic N) is 4. The van der Waals surface area contributed by atoms with Crippen molar-refractivity contribution in [3.63, 3.8) is 0 Å². The molecule has 30 heavy (non-hydrogen) atoms.